The molecule has 0 aromatic heterocycles. The molecule has 28 heavy (non-hydrogen) atoms. The molecule has 1 fully saturated rings. The van der Waals surface area contributed by atoms with Crippen molar-refractivity contribution >= 4 is 23.8 Å². The molecule has 4 N–H and O–H groups in total. The van der Waals surface area contributed by atoms with Crippen LogP contribution in [-0.4, -0.2) is 64.7 Å². The minimum Gasteiger partial charge on any atom is -0.444 e. The third kappa shape index (κ3) is 7.71. The van der Waals surface area contributed by atoms with Crippen molar-refractivity contribution in [3.8, 4) is 0 Å². The minimum absolute atomic E-state index is 0.105. The van der Waals surface area contributed by atoms with Crippen LogP contribution in [-0.2, 0) is 19.1 Å². The fourth-order valence-electron chi connectivity index (χ4n) is 2.88. The molecule has 1 rings (SSSR count). The molecule has 0 unspecified atom stereocenters. The van der Waals surface area contributed by atoms with Gasteiger partial charge in [-0.15, -0.1) is 0 Å². The second kappa shape index (κ2) is 10.3. The van der Waals surface area contributed by atoms with E-state index in [0.29, 0.717) is 25.8 Å². The minimum atomic E-state index is -0.861. The third-order valence-electron chi connectivity index (χ3n) is 4.07. The molecule has 1 aliphatic heterocycles. The molecule has 1 saturated heterocycles. The number of hydrogen-bond donors (Lipinski definition) is 4. The van der Waals surface area contributed by atoms with Gasteiger partial charge in [0, 0.05) is 6.54 Å². The first-order chi connectivity index (χ1) is 12.9. The van der Waals surface area contributed by atoms with Crippen molar-refractivity contribution in [2.24, 2.45) is 5.92 Å². The summed E-state index contributed by atoms with van der Waals surface area (Å²) in [6.07, 6.45) is 0.940. The Balaban J connectivity index is 2.78. The Morgan fingerprint density at radius 3 is 2.39 bits per heavy atom. The molecule has 0 saturated carbocycles. The van der Waals surface area contributed by atoms with Gasteiger partial charge in [0.1, 0.15) is 17.7 Å². The molecule has 2 atom stereocenters. The smallest absolute Gasteiger partial charge is 0.410 e. The molecule has 0 aromatic rings. The maximum absolute atomic E-state index is 12.8. The van der Waals surface area contributed by atoms with E-state index in [1.165, 1.54) is 10.4 Å². The number of carbonyl (C=O) groups excluding carboxylic acids is 4. The van der Waals surface area contributed by atoms with Crippen LogP contribution in [0.25, 0.3) is 0 Å². The molecule has 0 radical (unpaired) electrons. The van der Waals surface area contributed by atoms with Crippen molar-refractivity contribution in [3.05, 3.63) is 0 Å². The van der Waals surface area contributed by atoms with Crippen molar-refractivity contribution < 1.29 is 29.1 Å². The highest BCUT2D eigenvalue weighted by Crippen LogP contribution is 2.21. The highest BCUT2D eigenvalue weighted by molar-refractivity contribution is 5.93. The lowest BCUT2D eigenvalue weighted by atomic mass is 10.0. The van der Waals surface area contributed by atoms with E-state index in [2.05, 4.69) is 10.6 Å². The van der Waals surface area contributed by atoms with Gasteiger partial charge < -0.3 is 15.4 Å². The molecule has 0 aromatic carbocycles. The number of likely N-dealkylation sites (tertiary alicyclic amines) is 1. The average Bonchev–Trinajstić information content (AvgIpc) is 3.06. The Bertz CT molecular complexity index is 587. The van der Waals surface area contributed by atoms with Gasteiger partial charge in [-0.05, 0) is 46.0 Å². The molecular formula is C18H32N4O6. The number of hydrogen-bond acceptors (Lipinski definition) is 6. The Kier molecular flexibility index (Phi) is 8.67. The van der Waals surface area contributed by atoms with Gasteiger partial charge in [0.2, 0.25) is 11.8 Å². The van der Waals surface area contributed by atoms with Crippen LogP contribution in [0.5, 0.6) is 0 Å². The lowest BCUT2D eigenvalue weighted by molar-refractivity contribution is -0.134. The Hall–Kier alpha value is -2.36. The van der Waals surface area contributed by atoms with E-state index in [9.17, 15) is 19.2 Å². The third-order valence-corrected chi connectivity index (χ3v) is 4.07. The van der Waals surface area contributed by atoms with Crippen molar-refractivity contribution in [2.45, 2.75) is 71.6 Å². The normalized spacial score (nSPS) is 17.8. The lowest BCUT2D eigenvalue weighted by Crippen LogP contribution is -2.54. The zero-order valence-corrected chi connectivity index (χ0v) is 17.2. The zero-order valence-electron chi connectivity index (χ0n) is 17.2. The number of amides is 4. The molecule has 1 aliphatic rings. The maximum atomic E-state index is 12.8. The van der Waals surface area contributed by atoms with E-state index in [0.717, 1.165) is 0 Å². The standard InChI is InChI=1S/C18H32N4O6/c1-11(2)9-12(15(24)19-10-14(23)21-27)20-16(25)13-7-6-8-22(13)17(26)28-18(3,4)5/h11-13,27H,6-10H2,1-5H3,(H,19,24)(H,20,25)(H,21,23)/t12-,13-/m0/s1. The van der Waals surface area contributed by atoms with Gasteiger partial charge in [0.05, 0.1) is 6.54 Å². The SMILES string of the molecule is CC(C)C[C@H](NC(=O)[C@@H]1CCCN1C(=O)OC(C)(C)C)C(=O)NCC(=O)NO. The van der Waals surface area contributed by atoms with Crippen LogP contribution in [0.3, 0.4) is 0 Å². The van der Waals surface area contributed by atoms with Crippen LogP contribution in [0.1, 0.15) is 53.9 Å². The second-order valence-electron chi connectivity index (χ2n) is 8.28. The van der Waals surface area contributed by atoms with Gasteiger partial charge >= 0.3 is 6.09 Å². The number of nitrogens with zero attached hydrogens (tertiary/aromatic N) is 1. The summed E-state index contributed by atoms with van der Waals surface area (Å²) in [6.45, 7) is 9.05. The molecular weight excluding hydrogens is 368 g/mol. The number of hydroxylamine groups is 1. The Morgan fingerprint density at radius 1 is 1.21 bits per heavy atom. The number of carbonyl (C=O) groups is 4. The van der Waals surface area contributed by atoms with Crippen molar-refractivity contribution in [3.63, 3.8) is 0 Å². The van der Waals surface area contributed by atoms with Crippen LogP contribution in [0, 0.1) is 5.92 Å². The Morgan fingerprint density at radius 2 is 1.86 bits per heavy atom. The summed E-state index contributed by atoms with van der Waals surface area (Å²) in [6, 6.07) is -1.57. The van der Waals surface area contributed by atoms with Crippen LogP contribution in [0.2, 0.25) is 0 Å². The second-order valence-corrected chi connectivity index (χ2v) is 8.28. The van der Waals surface area contributed by atoms with Gasteiger partial charge in [-0.3, -0.25) is 24.5 Å². The van der Waals surface area contributed by atoms with E-state index in [-0.39, 0.29) is 5.92 Å². The molecule has 0 spiro atoms. The van der Waals surface area contributed by atoms with Gasteiger partial charge in [-0.25, -0.2) is 10.3 Å². The molecule has 160 valence electrons. The van der Waals surface area contributed by atoms with Crippen LogP contribution >= 0.6 is 0 Å². The predicted molar refractivity (Wildman–Crippen MR) is 100 cm³/mol. The molecule has 0 aliphatic carbocycles. The highest BCUT2D eigenvalue weighted by atomic mass is 16.6. The van der Waals surface area contributed by atoms with Gasteiger partial charge in [-0.1, -0.05) is 13.8 Å². The van der Waals surface area contributed by atoms with E-state index in [4.69, 9.17) is 9.94 Å². The van der Waals surface area contributed by atoms with Crippen molar-refractivity contribution in [2.75, 3.05) is 13.1 Å². The van der Waals surface area contributed by atoms with Gasteiger partial charge in [-0.2, -0.15) is 0 Å². The largest absolute Gasteiger partial charge is 0.444 e. The topological polar surface area (TPSA) is 137 Å². The van der Waals surface area contributed by atoms with Crippen LogP contribution < -0.4 is 16.1 Å². The van der Waals surface area contributed by atoms with Crippen molar-refractivity contribution in [1.29, 1.82) is 0 Å². The van der Waals surface area contributed by atoms with Crippen LogP contribution in [0.4, 0.5) is 4.79 Å². The highest BCUT2D eigenvalue weighted by Gasteiger charge is 2.38. The monoisotopic (exact) mass is 400 g/mol. The van der Waals surface area contributed by atoms with Crippen LogP contribution in [0.15, 0.2) is 0 Å². The Labute approximate surface area is 165 Å². The fourth-order valence-corrected chi connectivity index (χ4v) is 2.88. The molecule has 1 heterocycles. The summed E-state index contributed by atoms with van der Waals surface area (Å²) >= 11 is 0. The van der Waals surface area contributed by atoms with Gasteiger partial charge in [0.25, 0.3) is 5.91 Å². The quantitative estimate of drug-likeness (QED) is 0.364. The first kappa shape index (κ1) is 23.7. The fraction of sp³-hybridized carbons (Fsp3) is 0.778. The molecule has 4 amide bonds. The predicted octanol–water partition coefficient (Wildman–Crippen LogP) is 0.538. The summed E-state index contributed by atoms with van der Waals surface area (Å²) in [4.78, 5) is 50.0. The number of nitrogens with one attached hydrogen (secondary N) is 3. The maximum Gasteiger partial charge on any atom is 0.410 e. The summed E-state index contributed by atoms with van der Waals surface area (Å²) in [5.41, 5.74) is 0.751. The van der Waals surface area contributed by atoms with E-state index >= 15 is 0 Å². The summed E-state index contributed by atoms with van der Waals surface area (Å²) in [5, 5.41) is 13.6. The molecule has 0 bridgehead atoms. The lowest BCUT2D eigenvalue weighted by Gasteiger charge is -2.29. The average molecular weight is 400 g/mol. The molecule has 10 nitrogen and oxygen atoms in total. The summed E-state index contributed by atoms with van der Waals surface area (Å²) in [5.74, 6) is -1.63. The molecule has 10 heteroatoms. The van der Waals surface area contributed by atoms with Gasteiger partial charge in [0.15, 0.2) is 0 Å². The first-order valence-electron chi connectivity index (χ1n) is 9.45. The zero-order chi connectivity index (χ0) is 21.5. The number of ether oxygens (including phenoxy) is 1. The van der Waals surface area contributed by atoms with Crippen molar-refractivity contribution in [1.82, 2.24) is 21.0 Å². The number of rotatable bonds is 7. The van der Waals surface area contributed by atoms with E-state index in [1.54, 1.807) is 20.8 Å². The summed E-state index contributed by atoms with van der Waals surface area (Å²) in [7, 11) is 0. The summed E-state index contributed by atoms with van der Waals surface area (Å²) < 4.78 is 5.36. The van der Waals surface area contributed by atoms with E-state index < -0.39 is 48.0 Å². The first-order valence-corrected chi connectivity index (χ1v) is 9.45. The van der Waals surface area contributed by atoms with E-state index in [1.807, 2.05) is 13.8 Å².